The maximum Gasteiger partial charge on any atom is 0.433 e. The summed E-state index contributed by atoms with van der Waals surface area (Å²) >= 11 is 6.19. The first kappa shape index (κ1) is 29.5. The molecule has 1 amide bonds. The van der Waals surface area contributed by atoms with E-state index in [1.54, 1.807) is 12.1 Å². The van der Waals surface area contributed by atoms with Gasteiger partial charge in [-0.3, -0.25) is 9.69 Å². The van der Waals surface area contributed by atoms with Crippen molar-refractivity contribution in [3.05, 3.63) is 106 Å². The lowest BCUT2D eigenvalue weighted by molar-refractivity contribution is -0.140. The lowest BCUT2D eigenvalue weighted by atomic mass is 9.96. The number of hydrogen-bond acceptors (Lipinski definition) is 4. The zero-order valence-corrected chi connectivity index (χ0v) is 24.7. The molecule has 43 heavy (non-hydrogen) atoms. The molecule has 3 atom stereocenters. The van der Waals surface area contributed by atoms with Gasteiger partial charge in [0.15, 0.2) is 0 Å². The number of anilines is 1. The van der Waals surface area contributed by atoms with Crippen LogP contribution in [0.5, 0.6) is 0 Å². The Labute approximate surface area is 254 Å². The molecule has 1 unspecified atom stereocenters. The molecule has 224 valence electrons. The summed E-state index contributed by atoms with van der Waals surface area (Å²) in [7, 11) is 0. The van der Waals surface area contributed by atoms with Crippen LogP contribution in [0, 0.1) is 5.92 Å². The predicted molar refractivity (Wildman–Crippen MR) is 164 cm³/mol. The maximum atomic E-state index is 13.6. The fourth-order valence-electron chi connectivity index (χ4n) is 6.42. The first-order valence-corrected chi connectivity index (χ1v) is 15.1. The van der Waals surface area contributed by atoms with Crippen molar-refractivity contribution in [2.75, 3.05) is 5.32 Å². The average Bonchev–Trinajstić information content (AvgIpc) is 3.31. The summed E-state index contributed by atoms with van der Waals surface area (Å²) in [5, 5.41) is 7.67. The van der Waals surface area contributed by atoms with E-state index in [2.05, 4.69) is 45.6 Å². The van der Waals surface area contributed by atoms with Crippen LogP contribution in [0.1, 0.15) is 65.3 Å². The second-order valence-corrected chi connectivity index (χ2v) is 12.3. The number of aromatic nitrogens is 1. The van der Waals surface area contributed by atoms with Crippen molar-refractivity contribution in [3.8, 4) is 0 Å². The monoisotopic (exact) mass is 606 g/mol. The molecule has 1 aromatic heterocycles. The van der Waals surface area contributed by atoms with Crippen LogP contribution in [0.4, 0.5) is 18.9 Å². The molecule has 3 aromatic carbocycles. The van der Waals surface area contributed by atoms with Crippen molar-refractivity contribution in [3.63, 3.8) is 0 Å². The number of carbonyl (C=O) groups excluding carboxylic acids is 1. The van der Waals surface area contributed by atoms with Crippen LogP contribution in [-0.2, 0) is 25.8 Å². The van der Waals surface area contributed by atoms with Gasteiger partial charge in [-0.05, 0) is 78.6 Å². The van der Waals surface area contributed by atoms with E-state index in [0.717, 1.165) is 56.1 Å². The number of fused-ring (bicyclic) bond motifs is 2. The molecule has 0 saturated heterocycles. The van der Waals surface area contributed by atoms with Crippen LogP contribution in [-0.4, -0.2) is 27.9 Å². The first-order chi connectivity index (χ1) is 20.6. The molecule has 2 N–H and O–H groups in total. The molecule has 1 fully saturated rings. The van der Waals surface area contributed by atoms with Gasteiger partial charge in [-0.1, -0.05) is 61.0 Å². The number of nitrogens with one attached hydrogen (secondary N) is 2. The van der Waals surface area contributed by atoms with Crippen LogP contribution >= 0.6 is 11.6 Å². The van der Waals surface area contributed by atoms with E-state index in [-0.39, 0.29) is 29.4 Å². The molecule has 1 aliphatic carbocycles. The van der Waals surface area contributed by atoms with Crippen molar-refractivity contribution in [1.29, 1.82) is 0 Å². The molecular formula is C34H34ClF3N4O. The summed E-state index contributed by atoms with van der Waals surface area (Å²) in [6.07, 6.45) is -1.53. The molecule has 0 spiro atoms. The van der Waals surface area contributed by atoms with Crippen molar-refractivity contribution < 1.29 is 18.0 Å². The molecule has 2 aliphatic rings. The number of amides is 1. The van der Waals surface area contributed by atoms with Crippen LogP contribution in [0.2, 0.25) is 5.02 Å². The third-order valence-corrected chi connectivity index (χ3v) is 9.00. The number of halogens is 4. The van der Waals surface area contributed by atoms with Gasteiger partial charge < -0.3 is 10.6 Å². The summed E-state index contributed by atoms with van der Waals surface area (Å²) in [6, 6.07) is 22.0. The van der Waals surface area contributed by atoms with Gasteiger partial charge in [0, 0.05) is 53.4 Å². The Bertz CT molecular complexity index is 1630. The average molecular weight is 607 g/mol. The fraction of sp³-hybridized carbons (Fsp3) is 0.353. The number of rotatable bonds is 6. The van der Waals surface area contributed by atoms with Crippen molar-refractivity contribution in [1.82, 2.24) is 15.2 Å². The Morgan fingerprint density at radius 3 is 2.56 bits per heavy atom. The third kappa shape index (κ3) is 6.65. The van der Waals surface area contributed by atoms with Crippen LogP contribution in [0.3, 0.4) is 0 Å². The Kier molecular flexibility index (Phi) is 8.34. The van der Waals surface area contributed by atoms with Gasteiger partial charge >= 0.3 is 6.18 Å². The molecule has 1 saturated carbocycles. The number of nitrogens with zero attached hydrogens (tertiary/aromatic N) is 2. The second kappa shape index (κ2) is 12.2. The SMILES string of the molecule is CC1CC[C@H](Nc2cc(C(F)(F)F)nc3ccc(Cl)cc23)CC[C@@H]1NC(=O)c1cccc2c1CN(Cc1ccccc1)C2. The molecule has 2 heterocycles. The van der Waals surface area contributed by atoms with Gasteiger partial charge in [-0.15, -0.1) is 0 Å². The second-order valence-electron chi connectivity index (χ2n) is 11.8. The highest BCUT2D eigenvalue weighted by atomic mass is 35.5. The minimum atomic E-state index is -4.56. The van der Waals surface area contributed by atoms with Gasteiger partial charge in [-0.25, -0.2) is 4.98 Å². The van der Waals surface area contributed by atoms with Gasteiger partial charge in [0.1, 0.15) is 5.69 Å². The third-order valence-electron chi connectivity index (χ3n) is 8.76. The normalized spacial score (nSPS) is 20.9. The summed E-state index contributed by atoms with van der Waals surface area (Å²) in [5.41, 5.74) is 3.92. The molecule has 0 bridgehead atoms. The summed E-state index contributed by atoms with van der Waals surface area (Å²) < 4.78 is 40.9. The van der Waals surface area contributed by atoms with Crippen molar-refractivity contribution in [2.24, 2.45) is 5.92 Å². The smallest absolute Gasteiger partial charge is 0.382 e. The minimum absolute atomic E-state index is 0.0358. The minimum Gasteiger partial charge on any atom is -0.382 e. The van der Waals surface area contributed by atoms with Gasteiger partial charge in [0.25, 0.3) is 5.91 Å². The summed E-state index contributed by atoms with van der Waals surface area (Å²) in [6.45, 7) is 4.50. The maximum absolute atomic E-state index is 13.6. The largest absolute Gasteiger partial charge is 0.433 e. The Morgan fingerprint density at radius 2 is 1.77 bits per heavy atom. The topological polar surface area (TPSA) is 57.3 Å². The highest BCUT2D eigenvalue weighted by molar-refractivity contribution is 6.31. The highest BCUT2D eigenvalue weighted by Crippen LogP contribution is 2.36. The Morgan fingerprint density at radius 1 is 0.977 bits per heavy atom. The van der Waals surface area contributed by atoms with Gasteiger partial charge in [-0.2, -0.15) is 13.2 Å². The van der Waals surface area contributed by atoms with E-state index < -0.39 is 11.9 Å². The quantitative estimate of drug-likeness (QED) is 0.217. The Balaban J connectivity index is 1.14. The van der Waals surface area contributed by atoms with Gasteiger partial charge in [0.2, 0.25) is 0 Å². The molecule has 6 rings (SSSR count). The molecular weight excluding hydrogens is 573 g/mol. The number of alkyl halides is 3. The van der Waals surface area contributed by atoms with Gasteiger partial charge in [0.05, 0.1) is 5.52 Å². The molecule has 4 aromatic rings. The lowest BCUT2D eigenvalue weighted by Gasteiger charge is -2.23. The summed E-state index contributed by atoms with van der Waals surface area (Å²) in [4.78, 5) is 19.8. The zero-order valence-electron chi connectivity index (χ0n) is 23.9. The van der Waals surface area contributed by atoms with Crippen molar-refractivity contribution in [2.45, 2.75) is 70.5 Å². The van der Waals surface area contributed by atoms with E-state index in [9.17, 15) is 18.0 Å². The first-order valence-electron chi connectivity index (χ1n) is 14.8. The molecule has 0 radical (unpaired) electrons. The number of benzene rings is 3. The van der Waals surface area contributed by atoms with E-state index in [1.165, 1.54) is 17.2 Å². The van der Waals surface area contributed by atoms with Crippen LogP contribution in [0.25, 0.3) is 10.9 Å². The van der Waals surface area contributed by atoms with Crippen molar-refractivity contribution >= 4 is 34.1 Å². The van der Waals surface area contributed by atoms with E-state index in [0.29, 0.717) is 22.5 Å². The molecule has 9 heteroatoms. The number of pyridine rings is 1. The zero-order chi connectivity index (χ0) is 30.1. The van der Waals surface area contributed by atoms with Crippen LogP contribution < -0.4 is 10.6 Å². The number of carbonyl (C=O) groups is 1. The van der Waals surface area contributed by atoms with E-state index >= 15 is 0 Å². The standard InChI is InChI=1S/C34H34ClF3N4O/c1-21-10-12-25(39-31-17-32(34(36,37)38)40-30-14-11-24(35)16-27(30)31)13-15-29(21)41-33(43)26-9-5-8-23-19-42(20-28(23)26)18-22-6-3-2-4-7-22/h2-9,11,14,16-17,21,25,29H,10,12-13,15,18-20H2,1H3,(H,39,40)(H,41,43)/t21?,25-,29-/m0/s1. The Hall–Kier alpha value is -3.62. The number of hydrogen-bond donors (Lipinski definition) is 2. The van der Waals surface area contributed by atoms with E-state index in [1.807, 2.05) is 30.3 Å². The highest BCUT2D eigenvalue weighted by Gasteiger charge is 2.34. The fourth-order valence-corrected chi connectivity index (χ4v) is 6.59. The van der Waals surface area contributed by atoms with Crippen LogP contribution in [0.15, 0.2) is 72.8 Å². The lowest BCUT2D eigenvalue weighted by Crippen LogP contribution is -2.39. The van der Waals surface area contributed by atoms with E-state index in [4.69, 9.17) is 11.6 Å². The molecule has 5 nitrogen and oxygen atoms in total. The predicted octanol–water partition coefficient (Wildman–Crippen LogP) is 8.21. The summed E-state index contributed by atoms with van der Waals surface area (Å²) in [5.74, 6) is 0.155. The molecule has 1 aliphatic heterocycles.